The first kappa shape index (κ1) is 20.0. The van der Waals surface area contributed by atoms with Gasteiger partial charge in [0.25, 0.3) is 10.0 Å². The number of hydrogen-bond donors (Lipinski definition) is 1. The van der Waals surface area contributed by atoms with E-state index >= 15 is 0 Å². The van der Waals surface area contributed by atoms with Gasteiger partial charge in [-0.25, -0.2) is 8.42 Å². The van der Waals surface area contributed by atoms with Gasteiger partial charge in [-0.3, -0.25) is 9.52 Å². The van der Waals surface area contributed by atoms with Crippen molar-refractivity contribution in [3.8, 4) is 11.5 Å². The lowest BCUT2D eigenvalue weighted by Crippen LogP contribution is -2.42. The van der Waals surface area contributed by atoms with Crippen LogP contribution in [0.15, 0.2) is 47.4 Å². The number of carbonyl (C=O) groups excluding carboxylic acids is 1. The molecule has 0 saturated heterocycles. The van der Waals surface area contributed by atoms with Crippen LogP contribution in [0, 0.1) is 5.41 Å². The van der Waals surface area contributed by atoms with Crippen molar-refractivity contribution in [3.63, 3.8) is 0 Å². The monoisotopic (exact) mass is 404 g/mol. The van der Waals surface area contributed by atoms with Crippen molar-refractivity contribution in [3.05, 3.63) is 42.5 Å². The number of fused-ring (bicyclic) bond motifs is 1. The Labute approximate surface area is 165 Å². The number of benzene rings is 2. The molecular weight excluding hydrogens is 380 g/mol. The maximum Gasteiger partial charge on any atom is 0.261 e. The summed E-state index contributed by atoms with van der Waals surface area (Å²) in [6.07, 6.45) is 0. The molecule has 0 fully saturated rings. The third-order valence-electron chi connectivity index (χ3n) is 4.60. The van der Waals surface area contributed by atoms with E-state index < -0.39 is 15.4 Å². The molecule has 7 nitrogen and oxygen atoms in total. The zero-order valence-corrected chi connectivity index (χ0v) is 17.2. The van der Waals surface area contributed by atoms with Crippen molar-refractivity contribution >= 4 is 27.3 Å². The molecule has 1 heterocycles. The predicted octanol–water partition coefficient (Wildman–Crippen LogP) is 3.27. The van der Waals surface area contributed by atoms with Crippen LogP contribution in [-0.2, 0) is 14.8 Å². The van der Waals surface area contributed by atoms with Crippen LogP contribution < -0.4 is 19.1 Å². The Morgan fingerprint density at radius 1 is 1.18 bits per heavy atom. The molecule has 1 aliphatic rings. The molecule has 0 aromatic heterocycles. The highest BCUT2D eigenvalue weighted by Gasteiger charge is 2.37. The molecule has 2 aromatic carbocycles. The van der Waals surface area contributed by atoms with Crippen LogP contribution in [-0.4, -0.2) is 34.6 Å². The minimum atomic E-state index is -3.78. The molecule has 0 atom stereocenters. The van der Waals surface area contributed by atoms with E-state index in [1.165, 1.54) is 19.2 Å². The minimum Gasteiger partial charge on any atom is -0.497 e. The van der Waals surface area contributed by atoms with Crippen molar-refractivity contribution in [1.29, 1.82) is 0 Å². The van der Waals surface area contributed by atoms with Crippen LogP contribution in [0.3, 0.4) is 0 Å². The number of sulfonamides is 1. The minimum absolute atomic E-state index is 0.0658. The second-order valence-electron chi connectivity index (χ2n) is 7.19. The zero-order chi connectivity index (χ0) is 20.5. The van der Waals surface area contributed by atoms with Gasteiger partial charge in [0.2, 0.25) is 5.91 Å². The van der Waals surface area contributed by atoms with E-state index in [0.29, 0.717) is 29.4 Å². The number of anilines is 2. The van der Waals surface area contributed by atoms with Gasteiger partial charge in [0, 0.05) is 6.54 Å². The molecule has 150 valence electrons. The van der Waals surface area contributed by atoms with Crippen LogP contribution in [0.2, 0.25) is 0 Å². The van der Waals surface area contributed by atoms with Crippen LogP contribution in [0.25, 0.3) is 0 Å². The molecule has 2 aromatic rings. The molecule has 0 unspecified atom stereocenters. The Morgan fingerprint density at radius 2 is 1.86 bits per heavy atom. The summed E-state index contributed by atoms with van der Waals surface area (Å²) in [6, 6.07) is 11.0. The van der Waals surface area contributed by atoms with Crippen molar-refractivity contribution in [2.75, 3.05) is 29.9 Å². The maximum atomic E-state index is 12.8. The van der Waals surface area contributed by atoms with E-state index in [0.717, 1.165) is 0 Å². The summed E-state index contributed by atoms with van der Waals surface area (Å²) < 4.78 is 38.8. The largest absolute Gasteiger partial charge is 0.497 e. The number of amides is 1. The number of ether oxygens (including phenoxy) is 2. The van der Waals surface area contributed by atoms with E-state index in [4.69, 9.17) is 9.47 Å². The molecule has 1 amide bonds. The van der Waals surface area contributed by atoms with Gasteiger partial charge in [-0.2, -0.15) is 0 Å². The van der Waals surface area contributed by atoms with Gasteiger partial charge in [-0.15, -0.1) is 0 Å². The molecule has 0 spiro atoms. The number of methoxy groups -OCH3 is 1. The second kappa shape index (κ2) is 7.35. The number of carbonyl (C=O) groups is 1. The average molecular weight is 404 g/mol. The standard InChI is InChI=1S/C20H24N2O5S/c1-5-22-17-12-14(6-11-18(17)27-13-20(2,3)19(22)23)21-28(24,25)16-9-7-15(26-4)8-10-16/h6-12,21H,5,13H2,1-4H3. The highest BCUT2D eigenvalue weighted by atomic mass is 32.2. The lowest BCUT2D eigenvalue weighted by molar-refractivity contribution is -0.127. The predicted molar refractivity (Wildman–Crippen MR) is 108 cm³/mol. The molecule has 0 bridgehead atoms. The summed E-state index contributed by atoms with van der Waals surface area (Å²) in [7, 11) is -2.27. The van der Waals surface area contributed by atoms with Crippen molar-refractivity contribution in [2.45, 2.75) is 25.7 Å². The Bertz CT molecular complexity index is 984. The third kappa shape index (κ3) is 3.77. The molecule has 1 N–H and O–H groups in total. The maximum absolute atomic E-state index is 12.8. The van der Waals surface area contributed by atoms with Crippen LogP contribution >= 0.6 is 0 Å². The second-order valence-corrected chi connectivity index (χ2v) is 8.87. The van der Waals surface area contributed by atoms with Gasteiger partial charge in [0.1, 0.15) is 18.1 Å². The summed E-state index contributed by atoms with van der Waals surface area (Å²) in [5.74, 6) is 1.05. The summed E-state index contributed by atoms with van der Waals surface area (Å²) >= 11 is 0. The smallest absolute Gasteiger partial charge is 0.261 e. The molecule has 3 rings (SSSR count). The van der Waals surface area contributed by atoms with Crippen molar-refractivity contribution in [2.24, 2.45) is 5.41 Å². The van der Waals surface area contributed by atoms with E-state index in [1.807, 2.05) is 20.8 Å². The van der Waals surface area contributed by atoms with Crippen LogP contribution in [0.5, 0.6) is 11.5 Å². The van der Waals surface area contributed by atoms with Gasteiger partial charge < -0.3 is 14.4 Å². The Balaban J connectivity index is 1.94. The number of hydrogen-bond acceptors (Lipinski definition) is 5. The molecule has 28 heavy (non-hydrogen) atoms. The molecule has 1 aliphatic heterocycles. The summed E-state index contributed by atoms with van der Waals surface area (Å²) in [5.41, 5.74) is 0.231. The summed E-state index contributed by atoms with van der Waals surface area (Å²) in [5, 5.41) is 0. The molecule has 0 saturated carbocycles. The first-order valence-corrected chi connectivity index (χ1v) is 10.4. The number of rotatable bonds is 5. The van der Waals surface area contributed by atoms with Gasteiger partial charge in [0.15, 0.2) is 0 Å². The highest BCUT2D eigenvalue weighted by Crippen LogP contribution is 2.38. The number of nitrogens with zero attached hydrogens (tertiary/aromatic N) is 1. The molecular formula is C20H24N2O5S. The highest BCUT2D eigenvalue weighted by molar-refractivity contribution is 7.92. The molecule has 8 heteroatoms. The topological polar surface area (TPSA) is 84.9 Å². The number of nitrogens with one attached hydrogen (secondary N) is 1. The quantitative estimate of drug-likeness (QED) is 0.827. The Morgan fingerprint density at radius 3 is 2.46 bits per heavy atom. The van der Waals surface area contributed by atoms with Gasteiger partial charge in [-0.1, -0.05) is 0 Å². The molecule has 0 aliphatic carbocycles. The van der Waals surface area contributed by atoms with Crippen molar-refractivity contribution in [1.82, 2.24) is 0 Å². The van der Waals surface area contributed by atoms with Crippen LogP contribution in [0.4, 0.5) is 11.4 Å². The van der Waals surface area contributed by atoms with Gasteiger partial charge in [-0.05, 0) is 63.2 Å². The third-order valence-corrected chi connectivity index (χ3v) is 6.00. The van der Waals surface area contributed by atoms with E-state index in [1.54, 1.807) is 35.2 Å². The lowest BCUT2D eigenvalue weighted by atomic mass is 9.93. The van der Waals surface area contributed by atoms with E-state index in [9.17, 15) is 13.2 Å². The first-order valence-electron chi connectivity index (χ1n) is 8.93. The summed E-state index contributed by atoms with van der Waals surface area (Å²) in [6.45, 7) is 6.24. The summed E-state index contributed by atoms with van der Waals surface area (Å²) in [4.78, 5) is 14.6. The van der Waals surface area contributed by atoms with E-state index in [2.05, 4.69) is 4.72 Å². The Kier molecular flexibility index (Phi) is 5.25. The van der Waals surface area contributed by atoms with Gasteiger partial charge >= 0.3 is 0 Å². The molecule has 0 radical (unpaired) electrons. The Hall–Kier alpha value is -2.74. The fraction of sp³-hybridized carbons (Fsp3) is 0.350. The first-order chi connectivity index (χ1) is 13.2. The van der Waals surface area contributed by atoms with Crippen LogP contribution in [0.1, 0.15) is 20.8 Å². The SMILES string of the molecule is CCN1C(=O)C(C)(C)COc2ccc(NS(=O)(=O)c3ccc(OC)cc3)cc21. The fourth-order valence-electron chi connectivity index (χ4n) is 2.99. The fourth-order valence-corrected chi connectivity index (χ4v) is 4.04. The van der Waals surface area contributed by atoms with Gasteiger partial charge in [0.05, 0.1) is 28.8 Å². The normalized spacial score (nSPS) is 16.0. The lowest BCUT2D eigenvalue weighted by Gasteiger charge is -2.27. The average Bonchev–Trinajstić information content (AvgIpc) is 2.76. The van der Waals surface area contributed by atoms with E-state index in [-0.39, 0.29) is 17.4 Å². The van der Waals surface area contributed by atoms with Crippen molar-refractivity contribution < 1.29 is 22.7 Å². The zero-order valence-electron chi connectivity index (χ0n) is 16.4.